The Bertz CT molecular complexity index is 1680. The molecule has 0 amide bonds. The topological polar surface area (TPSA) is 73.7 Å². The second-order valence-corrected chi connectivity index (χ2v) is 8.26. The maximum absolute atomic E-state index is 12.7. The number of aryl methyl sites for hydroxylation is 2. The second kappa shape index (κ2) is 6.76. The van der Waals surface area contributed by atoms with E-state index < -0.39 is 0 Å². The number of benzene rings is 3. The van der Waals surface area contributed by atoms with Crippen LogP contribution in [-0.2, 0) is 4.74 Å². The van der Waals surface area contributed by atoms with Crippen molar-refractivity contribution in [1.82, 2.24) is 15.0 Å². The van der Waals surface area contributed by atoms with E-state index in [1.54, 1.807) is 0 Å². The highest BCUT2D eigenvalue weighted by molar-refractivity contribution is 6.25. The maximum atomic E-state index is 12.7. The lowest BCUT2D eigenvalue weighted by atomic mass is 9.93. The van der Waals surface area contributed by atoms with E-state index in [9.17, 15) is 4.79 Å². The van der Waals surface area contributed by atoms with Crippen molar-refractivity contribution in [2.45, 2.75) is 20.8 Å². The van der Waals surface area contributed by atoms with Crippen LogP contribution >= 0.6 is 0 Å². The number of hydrogen-bond acceptors (Lipinski definition) is 2. The molecule has 0 saturated carbocycles. The molecule has 158 valence electrons. The van der Waals surface area contributed by atoms with Gasteiger partial charge in [0.2, 0.25) is 0 Å². The number of rotatable bonds is 3. The van der Waals surface area contributed by atoms with Crippen LogP contribution in [0.4, 0.5) is 0 Å². The third-order valence-electron chi connectivity index (χ3n) is 6.54. The van der Waals surface area contributed by atoms with Gasteiger partial charge in [0, 0.05) is 49.9 Å². The molecule has 3 aromatic heterocycles. The van der Waals surface area contributed by atoms with Gasteiger partial charge >= 0.3 is 5.97 Å². The molecule has 3 N–H and O–H groups in total. The minimum absolute atomic E-state index is 0.320. The van der Waals surface area contributed by atoms with Crippen LogP contribution in [0.25, 0.3) is 54.7 Å². The Labute approximate surface area is 184 Å². The summed E-state index contributed by atoms with van der Waals surface area (Å²) >= 11 is 0. The normalized spacial score (nSPS) is 11.8. The Hall–Kier alpha value is -3.99. The molecular weight excluding hydrogens is 398 g/mol. The zero-order valence-electron chi connectivity index (χ0n) is 18.2. The van der Waals surface area contributed by atoms with Gasteiger partial charge in [-0.05, 0) is 44.0 Å². The van der Waals surface area contributed by atoms with Gasteiger partial charge in [0.15, 0.2) is 0 Å². The molecule has 5 nitrogen and oxygen atoms in total. The number of ether oxygens (including phenoxy) is 1. The Morgan fingerprint density at radius 1 is 0.844 bits per heavy atom. The van der Waals surface area contributed by atoms with E-state index in [0.717, 1.165) is 65.9 Å². The van der Waals surface area contributed by atoms with Crippen LogP contribution < -0.4 is 0 Å². The molecule has 5 heteroatoms. The van der Waals surface area contributed by atoms with Crippen molar-refractivity contribution in [2.75, 3.05) is 6.61 Å². The van der Waals surface area contributed by atoms with Gasteiger partial charge in [0.25, 0.3) is 0 Å². The van der Waals surface area contributed by atoms with Crippen molar-refractivity contribution in [3.63, 3.8) is 0 Å². The molecule has 0 bridgehead atoms. The highest BCUT2D eigenvalue weighted by Gasteiger charge is 2.25. The van der Waals surface area contributed by atoms with Gasteiger partial charge in [0.05, 0.1) is 17.6 Å². The van der Waals surface area contributed by atoms with Crippen molar-refractivity contribution in [3.05, 3.63) is 71.5 Å². The van der Waals surface area contributed by atoms with E-state index in [4.69, 9.17) is 4.74 Å². The Morgan fingerprint density at radius 2 is 1.56 bits per heavy atom. The van der Waals surface area contributed by atoms with Crippen molar-refractivity contribution in [1.29, 1.82) is 0 Å². The van der Waals surface area contributed by atoms with E-state index in [0.29, 0.717) is 12.3 Å². The molecule has 0 unspecified atom stereocenters. The molecule has 0 fully saturated rings. The number of carbonyl (C=O) groups excluding carboxylic acids is 1. The molecule has 6 aromatic rings. The van der Waals surface area contributed by atoms with Crippen molar-refractivity contribution in [2.24, 2.45) is 0 Å². The predicted molar refractivity (Wildman–Crippen MR) is 130 cm³/mol. The van der Waals surface area contributed by atoms with Gasteiger partial charge in [-0.2, -0.15) is 0 Å². The lowest BCUT2D eigenvalue weighted by molar-refractivity contribution is 0.0520. The highest BCUT2D eigenvalue weighted by Crippen LogP contribution is 2.45. The molecular formula is C27H23N3O2. The summed E-state index contributed by atoms with van der Waals surface area (Å²) in [6, 6.07) is 16.7. The summed E-state index contributed by atoms with van der Waals surface area (Å²) < 4.78 is 5.34. The first kappa shape index (κ1) is 18.8. The van der Waals surface area contributed by atoms with E-state index in [1.807, 2.05) is 26.0 Å². The van der Waals surface area contributed by atoms with Crippen LogP contribution in [-0.4, -0.2) is 27.5 Å². The van der Waals surface area contributed by atoms with Gasteiger partial charge in [0.1, 0.15) is 5.69 Å². The fourth-order valence-electron chi connectivity index (χ4n) is 5.14. The minimum atomic E-state index is -0.320. The average Bonchev–Trinajstić information content (AvgIpc) is 3.49. The maximum Gasteiger partial charge on any atom is 0.355 e. The number of hydrogen-bond donors (Lipinski definition) is 3. The third-order valence-corrected chi connectivity index (χ3v) is 6.54. The standard InChI is InChI=1S/C27H23N3O2/c1-4-32-27(31)25-15(3)21-14(2)24-22(17-10-6-8-12-20(17)29-24)23(26(21)30-25)18-13-28-19-11-7-5-9-16(18)19/h5-13,28-30H,4H2,1-3H3. The fraction of sp³-hybridized carbons (Fsp3) is 0.148. The summed E-state index contributed by atoms with van der Waals surface area (Å²) in [6.45, 7) is 6.28. The number of carbonyl (C=O) groups is 1. The molecule has 0 aliphatic rings. The smallest absolute Gasteiger partial charge is 0.355 e. The Balaban J connectivity index is 1.85. The third kappa shape index (κ3) is 2.42. The van der Waals surface area contributed by atoms with E-state index >= 15 is 0 Å². The number of fused-ring (bicyclic) bond motifs is 5. The first-order chi connectivity index (χ1) is 15.6. The molecule has 0 aliphatic carbocycles. The monoisotopic (exact) mass is 421 g/mol. The van der Waals surface area contributed by atoms with Crippen molar-refractivity contribution in [3.8, 4) is 11.1 Å². The largest absolute Gasteiger partial charge is 0.461 e. The second-order valence-electron chi connectivity index (χ2n) is 8.26. The number of para-hydroxylation sites is 2. The van der Waals surface area contributed by atoms with Gasteiger partial charge in [-0.1, -0.05) is 36.4 Å². The van der Waals surface area contributed by atoms with Crippen LogP contribution in [0.3, 0.4) is 0 Å². The quantitative estimate of drug-likeness (QED) is 0.277. The number of esters is 1. The first-order valence-electron chi connectivity index (χ1n) is 10.9. The lowest BCUT2D eigenvalue weighted by Crippen LogP contribution is -2.06. The zero-order valence-corrected chi connectivity index (χ0v) is 18.2. The van der Waals surface area contributed by atoms with Crippen molar-refractivity contribution >= 4 is 49.6 Å². The number of nitrogens with one attached hydrogen (secondary N) is 3. The van der Waals surface area contributed by atoms with Crippen LogP contribution in [0.1, 0.15) is 28.5 Å². The lowest BCUT2D eigenvalue weighted by Gasteiger charge is -2.10. The predicted octanol–water partition coefficient (Wildman–Crippen LogP) is 6.74. The molecule has 32 heavy (non-hydrogen) atoms. The van der Waals surface area contributed by atoms with Gasteiger partial charge in [-0.15, -0.1) is 0 Å². The molecule has 0 atom stereocenters. The van der Waals surface area contributed by atoms with E-state index in [1.165, 1.54) is 0 Å². The molecule has 3 heterocycles. The van der Waals surface area contributed by atoms with Crippen LogP contribution in [0, 0.1) is 13.8 Å². The number of H-pyrrole nitrogens is 3. The van der Waals surface area contributed by atoms with Crippen molar-refractivity contribution < 1.29 is 9.53 Å². The molecule has 3 aromatic carbocycles. The minimum Gasteiger partial charge on any atom is -0.461 e. The highest BCUT2D eigenvalue weighted by atomic mass is 16.5. The first-order valence-corrected chi connectivity index (χ1v) is 10.9. The molecule has 6 rings (SSSR count). The van der Waals surface area contributed by atoms with Gasteiger partial charge < -0.3 is 19.7 Å². The molecule has 0 spiro atoms. The average molecular weight is 422 g/mol. The Kier molecular flexibility index (Phi) is 3.96. The zero-order chi connectivity index (χ0) is 22.0. The SMILES string of the molecule is CCOC(=O)c1[nH]c2c(-c3c[nH]c4ccccc34)c3c([nH]c4ccccc43)c(C)c2c1C. The molecule has 0 saturated heterocycles. The summed E-state index contributed by atoms with van der Waals surface area (Å²) in [5.41, 5.74) is 8.99. The van der Waals surface area contributed by atoms with E-state index in [-0.39, 0.29) is 5.97 Å². The summed E-state index contributed by atoms with van der Waals surface area (Å²) in [6.07, 6.45) is 2.07. The summed E-state index contributed by atoms with van der Waals surface area (Å²) in [5, 5.41) is 4.53. The number of aromatic nitrogens is 3. The van der Waals surface area contributed by atoms with E-state index in [2.05, 4.69) is 64.5 Å². The molecule has 0 radical (unpaired) electrons. The van der Waals surface area contributed by atoms with Crippen LogP contribution in [0.5, 0.6) is 0 Å². The van der Waals surface area contributed by atoms with Crippen LogP contribution in [0.15, 0.2) is 54.7 Å². The van der Waals surface area contributed by atoms with Crippen LogP contribution in [0.2, 0.25) is 0 Å². The fourth-order valence-corrected chi connectivity index (χ4v) is 5.14. The summed E-state index contributed by atoms with van der Waals surface area (Å²) in [5.74, 6) is -0.320. The Morgan fingerprint density at radius 3 is 2.34 bits per heavy atom. The summed E-state index contributed by atoms with van der Waals surface area (Å²) in [7, 11) is 0. The summed E-state index contributed by atoms with van der Waals surface area (Å²) in [4.78, 5) is 23.2. The number of aromatic amines is 3. The van der Waals surface area contributed by atoms with Gasteiger partial charge in [-0.25, -0.2) is 4.79 Å². The molecule has 0 aliphatic heterocycles. The van der Waals surface area contributed by atoms with Gasteiger partial charge in [-0.3, -0.25) is 0 Å².